The second-order valence-corrected chi connectivity index (χ2v) is 3.95. The first kappa shape index (κ1) is 7.06. The lowest BCUT2D eigenvalue weighted by Gasteiger charge is -2.06. The van der Waals surface area contributed by atoms with Gasteiger partial charge in [0.2, 0.25) is 0 Å². The number of nitrogens with one attached hydrogen (secondary N) is 1. The Morgan fingerprint density at radius 3 is 2.62 bits per heavy atom. The number of aromatic nitrogens is 1. The highest BCUT2D eigenvalue weighted by molar-refractivity contribution is 5.95. The Labute approximate surface area is 76.2 Å². The molecule has 2 saturated carbocycles. The zero-order valence-corrected chi connectivity index (χ0v) is 7.16. The van der Waals surface area contributed by atoms with Crippen molar-refractivity contribution in [1.29, 1.82) is 0 Å². The summed E-state index contributed by atoms with van der Waals surface area (Å²) in [4.78, 5) is 15.5. The van der Waals surface area contributed by atoms with Crippen molar-refractivity contribution in [1.82, 2.24) is 10.3 Å². The third-order valence-electron chi connectivity index (χ3n) is 2.99. The molecule has 0 bridgehead atoms. The third kappa shape index (κ3) is 1.03. The molecule has 2 fully saturated rings. The van der Waals surface area contributed by atoms with Gasteiger partial charge < -0.3 is 5.32 Å². The Hall–Kier alpha value is -1.38. The van der Waals surface area contributed by atoms with Crippen molar-refractivity contribution in [3.63, 3.8) is 0 Å². The van der Waals surface area contributed by atoms with Gasteiger partial charge in [0.05, 0.1) is 0 Å². The smallest absolute Gasteiger partial charge is 0.251 e. The average Bonchev–Trinajstić information content (AvgIpc) is 2.95. The molecule has 3 heteroatoms. The Kier molecular flexibility index (Phi) is 1.14. The number of carbonyl (C=O) groups is 1. The Balaban J connectivity index is 1.74. The molecule has 0 atom stereocenters. The van der Waals surface area contributed by atoms with Gasteiger partial charge in [0, 0.05) is 23.5 Å². The second kappa shape index (κ2) is 2.10. The molecule has 1 N–H and O–H groups in total. The number of amides is 1. The molecule has 0 aromatic carbocycles. The van der Waals surface area contributed by atoms with E-state index in [0.29, 0.717) is 5.56 Å². The molecule has 2 aliphatic rings. The molecule has 0 radical (unpaired) electrons. The summed E-state index contributed by atoms with van der Waals surface area (Å²) in [5.74, 6) is 0.834. The molecule has 66 valence electrons. The molecule has 1 aromatic rings. The molecular weight excluding hydrogens is 164 g/mol. The summed E-state index contributed by atoms with van der Waals surface area (Å²) < 4.78 is 0. The Bertz CT molecular complexity index is 354. The van der Waals surface area contributed by atoms with Crippen LogP contribution in [0, 0.1) is 5.92 Å². The molecule has 1 aromatic heterocycles. The molecule has 3 nitrogen and oxygen atoms in total. The van der Waals surface area contributed by atoms with Crippen molar-refractivity contribution in [2.24, 2.45) is 5.92 Å². The number of fused-ring (bicyclic) bond motifs is 1. The summed E-state index contributed by atoms with van der Waals surface area (Å²) in [6.07, 6.45) is 5.65. The van der Waals surface area contributed by atoms with Gasteiger partial charge in [0.15, 0.2) is 0 Å². The monoisotopic (exact) mass is 174 g/mol. The first-order chi connectivity index (χ1) is 6.30. The molecule has 0 spiro atoms. The summed E-state index contributed by atoms with van der Waals surface area (Å²) in [7, 11) is 0. The molecule has 0 unspecified atom stereocenters. The largest absolute Gasteiger partial charge is 0.346 e. The maximum Gasteiger partial charge on any atom is 0.251 e. The van der Waals surface area contributed by atoms with Gasteiger partial charge in [-0.1, -0.05) is 0 Å². The van der Waals surface area contributed by atoms with E-state index in [1.165, 1.54) is 12.8 Å². The highest BCUT2D eigenvalue weighted by Crippen LogP contribution is 2.66. The molecule has 2 aliphatic carbocycles. The van der Waals surface area contributed by atoms with Gasteiger partial charge in [0.1, 0.15) is 0 Å². The fraction of sp³-hybridized carbons (Fsp3) is 0.400. The van der Waals surface area contributed by atoms with Crippen molar-refractivity contribution in [2.45, 2.75) is 18.4 Å². The van der Waals surface area contributed by atoms with Crippen LogP contribution >= 0.6 is 0 Å². The van der Waals surface area contributed by atoms with Crippen molar-refractivity contribution in [3.05, 3.63) is 30.1 Å². The normalized spacial score (nSPS) is 33.4. The summed E-state index contributed by atoms with van der Waals surface area (Å²) in [5.41, 5.74) is 0.933. The van der Waals surface area contributed by atoms with Crippen molar-refractivity contribution in [2.75, 3.05) is 0 Å². The van der Waals surface area contributed by atoms with Crippen LogP contribution in [-0.4, -0.2) is 16.4 Å². The summed E-state index contributed by atoms with van der Waals surface area (Å²) in [6, 6.07) is 3.48. The van der Waals surface area contributed by atoms with Crippen LogP contribution in [0.3, 0.4) is 0 Å². The molecule has 1 amide bonds. The van der Waals surface area contributed by atoms with Crippen LogP contribution in [0.5, 0.6) is 0 Å². The lowest BCUT2D eigenvalue weighted by atomic mass is 10.2. The molecule has 3 rings (SSSR count). The van der Waals surface area contributed by atoms with E-state index in [-0.39, 0.29) is 11.4 Å². The Morgan fingerprint density at radius 1 is 1.46 bits per heavy atom. The van der Waals surface area contributed by atoms with Crippen LogP contribution < -0.4 is 5.32 Å². The standard InChI is InChI=1S/C10H10N2O/c13-9(7-1-3-11-4-2-7)12-10-5-8(10)6-10/h1-4,8H,5-6H2,(H,12,13). The molecule has 1 heterocycles. The number of nitrogens with zero attached hydrogens (tertiary/aromatic N) is 1. The zero-order valence-electron chi connectivity index (χ0n) is 7.16. The van der Waals surface area contributed by atoms with E-state index in [1.807, 2.05) is 0 Å². The maximum atomic E-state index is 11.6. The van der Waals surface area contributed by atoms with Crippen LogP contribution in [0.4, 0.5) is 0 Å². The predicted octanol–water partition coefficient (Wildman–Crippen LogP) is 0.974. The minimum Gasteiger partial charge on any atom is -0.346 e. The van der Waals surface area contributed by atoms with E-state index in [9.17, 15) is 4.79 Å². The lowest BCUT2D eigenvalue weighted by molar-refractivity contribution is 0.0942. The van der Waals surface area contributed by atoms with E-state index in [1.54, 1.807) is 24.5 Å². The molecule has 0 saturated heterocycles. The average molecular weight is 174 g/mol. The van der Waals surface area contributed by atoms with Gasteiger partial charge in [-0.3, -0.25) is 9.78 Å². The third-order valence-corrected chi connectivity index (χ3v) is 2.99. The van der Waals surface area contributed by atoms with E-state index in [0.717, 1.165) is 5.92 Å². The number of rotatable bonds is 2. The van der Waals surface area contributed by atoms with Gasteiger partial charge in [-0.15, -0.1) is 0 Å². The molecule has 0 aliphatic heterocycles. The first-order valence-electron chi connectivity index (χ1n) is 4.53. The second-order valence-electron chi connectivity index (χ2n) is 3.95. The summed E-state index contributed by atoms with van der Waals surface area (Å²) in [6.45, 7) is 0. The minimum atomic E-state index is 0.0439. The van der Waals surface area contributed by atoms with Crippen molar-refractivity contribution in [3.8, 4) is 0 Å². The zero-order chi connectivity index (χ0) is 8.89. The number of carbonyl (C=O) groups excluding carboxylic acids is 1. The van der Waals surface area contributed by atoms with Crippen molar-refractivity contribution >= 4 is 5.91 Å². The topological polar surface area (TPSA) is 42.0 Å². The van der Waals surface area contributed by atoms with Gasteiger partial charge in [-0.2, -0.15) is 0 Å². The first-order valence-corrected chi connectivity index (χ1v) is 4.53. The number of hydrogen-bond acceptors (Lipinski definition) is 2. The van der Waals surface area contributed by atoms with Crippen LogP contribution in [0.25, 0.3) is 0 Å². The van der Waals surface area contributed by atoms with Gasteiger partial charge in [0.25, 0.3) is 5.91 Å². The van der Waals surface area contributed by atoms with E-state index < -0.39 is 0 Å². The van der Waals surface area contributed by atoms with Crippen molar-refractivity contribution < 1.29 is 4.79 Å². The van der Waals surface area contributed by atoms with E-state index in [2.05, 4.69) is 10.3 Å². The summed E-state index contributed by atoms with van der Waals surface area (Å²) >= 11 is 0. The van der Waals surface area contributed by atoms with E-state index >= 15 is 0 Å². The number of hydrogen-bond donors (Lipinski definition) is 1. The van der Waals surface area contributed by atoms with Crippen LogP contribution in [0.15, 0.2) is 24.5 Å². The molecular formula is C10H10N2O. The lowest BCUT2D eigenvalue weighted by Crippen LogP contribution is -2.30. The van der Waals surface area contributed by atoms with Crippen LogP contribution in [0.2, 0.25) is 0 Å². The van der Waals surface area contributed by atoms with Crippen LogP contribution in [0.1, 0.15) is 23.2 Å². The SMILES string of the molecule is O=C(NC12CC1C2)c1ccncc1. The highest BCUT2D eigenvalue weighted by Gasteiger charge is 2.70. The minimum absolute atomic E-state index is 0.0439. The maximum absolute atomic E-state index is 11.6. The number of pyridine rings is 1. The summed E-state index contributed by atoms with van der Waals surface area (Å²) in [5, 5.41) is 3.05. The Morgan fingerprint density at radius 2 is 2.08 bits per heavy atom. The van der Waals surface area contributed by atoms with Gasteiger partial charge >= 0.3 is 0 Å². The fourth-order valence-corrected chi connectivity index (χ4v) is 1.71. The predicted molar refractivity (Wildman–Crippen MR) is 47.2 cm³/mol. The highest BCUT2D eigenvalue weighted by atomic mass is 16.2. The molecule has 13 heavy (non-hydrogen) atoms. The van der Waals surface area contributed by atoms with Gasteiger partial charge in [-0.05, 0) is 30.9 Å². The fourth-order valence-electron chi connectivity index (χ4n) is 1.71. The quantitative estimate of drug-likeness (QED) is 0.726. The van der Waals surface area contributed by atoms with Gasteiger partial charge in [-0.25, -0.2) is 0 Å². The van der Waals surface area contributed by atoms with E-state index in [4.69, 9.17) is 0 Å². The van der Waals surface area contributed by atoms with Crippen LogP contribution in [-0.2, 0) is 0 Å².